The quantitative estimate of drug-likeness (QED) is 0.686. The van der Waals surface area contributed by atoms with Crippen LogP contribution < -0.4 is 4.90 Å². The third-order valence-corrected chi connectivity index (χ3v) is 1.85. The molecule has 0 unspecified atom stereocenters. The third-order valence-electron chi connectivity index (χ3n) is 1.85. The monoisotopic (exact) mass is 168 g/mol. The average Bonchev–Trinajstić information content (AvgIpc) is 2.10. The summed E-state index contributed by atoms with van der Waals surface area (Å²) in [6, 6.07) is 1.38. The van der Waals surface area contributed by atoms with Crippen molar-refractivity contribution in [1.29, 1.82) is 0 Å². The van der Waals surface area contributed by atoms with Crippen LogP contribution in [0.3, 0.4) is 0 Å². The van der Waals surface area contributed by atoms with E-state index in [-0.39, 0.29) is 5.82 Å². The Morgan fingerprint density at radius 2 is 2.08 bits per heavy atom. The van der Waals surface area contributed by atoms with Crippen molar-refractivity contribution in [3.8, 4) is 0 Å². The van der Waals surface area contributed by atoms with Gasteiger partial charge in [-0.25, -0.2) is 4.39 Å². The van der Waals surface area contributed by atoms with Gasteiger partial charge in [-0.05, 0) is 19.9 Å². The summed E-state index contributed by atoms with van der Waals surface area (Å²) in [7, 11) is 0. The highest BCUT2D eigenvalue weighted by atomic mass is 19.1. The molecule has 0 atom stereocenters. The van der Waals surface area contributed by atoms with Gasteiger partial charge in [0, 0.05) is 19.3 Å². The number of halogens is 1. The lowest BCUT2D eigenvalue weighted by Gasteiger charge is -2.20. The van der Waals surface area contributed by atoms with Gasteiger partial charge in [0.25, 0.3) is 0 Å². The molecule has 0 N–H and O–H groups in total. The molecule has 66 valence electrons. The largest absolute Gasteiger partial charge is 0.368 e. The number of rotatable bonds is 3. The SMILES string of the molecule is CCN(CC)c1cnccc1F. The van der Waals surface area contributed by atoms with E-state index in [1.807, 2.05) is 18.7 Å². The van der Waals surface area contributed by atoms with Crippen molar-refractivity contribution < 1.29 is 4.39 Å². The Morgan fingerprint density at radius 1 is 1.42 bits per heavy atom. The summed E-state index contributed by atoms with van der Waals surface area (Å²) >= 11 is 0. The van der Waals surface area contributed by atoms with E-state index in [2.05, 4.69) is 4.98 Å². The third kappa shape index (κ3) is 1.72. The summed E-state index contributed by atoms with van der Waals surface area (Å²) in [6.07, 6.45) is 3.02. The normalized spacial score (nSPS) is 9.92. The second kappa shape index (κ2) is 4.04. The van der Waals surface area contributed by atoms with Crippen LogP contribution in [-0.4, -0.2) is 18.1 Å². The molecule has 0 aliphatic heterocycles. The summed E-state index contributed by atoms with van der Waals surface area (Å²) in [6.45, 7) is 5.60. The van der Waals surface area contributed by atoms with Gasteiger partial charge in [0.1, 0.15) is 5.82 Å². The van der Waals surface area contributed by atoms with Crippen LogP contribution >= 0.6 is 0 Å². The Morgan fingerprint density at radius 3 is 2.58 bits per heavy atom. The average molecular weight is 168 g/mol. The summed E-state index contributed by atoms with van der Waals surface area (Å²) in [5.74, 6) is -0.200. The number of anilines is 1. The van der Waals surface area contributed by atoms with Crippen LogP contribution in [0.15, 0.2) is 18.5 Å². The molecule has 1 heterocycles. The van der Waals surface area contributed by atoms with Crippen LogP contribution in [0.1, 0.15) is 13.8 Å². The first-order chi connectivity index (χ1) is 5.79. The zero-order valence-electron chi connectivity index (χ0n) is 7.42. The van der Waals surface area contributed by atoms with Crippen molar-refractivity contribution >= 4 is 5.69 Å². The van der Waals surface area contributed by atoms with Crippen molar-refractivity contribution in [3.05, 3.63) is 24.3 Å². The fourth-order valence-electron chi connectivity index (χ4n) is 1.17. The molecule has 0 aliphatic rings. The summed E-state index contributed by atoms with van der Waals surface area (Å²) in [4.78, 5) is 5.81. The highest BCUT2D eigenvalue weighted by Crippen LogP contribution is 2.15. The Balaban J connectivity index is 2.92. The molecule has 1 aromatic heterocycles. The van der Waals surface area contributed by atoms with Crippen molar-refractivity contribution in [1.82, 2.24) is 4.98 Å². The van der Waals surface area contributed by atoms with Crippen LogP contribution in [0.2, 0.25) is 0 Å². The molecule has 0 fully saturated rings. The molecule has 0 bridgehead atoms. The van der Waals surface area contributed by atoms with Gasteiger partial charge in [0.2, 0.25) is 0 Å². The number of hydrogen-bond donors (Lipinski definition) is 0. The van der Waals surface area contributed by atoms with Crippen molar-refractivity contribution in [2.75, 3.05) is 18.0 Å². The highest BCUT2D eigenvalue weighted by Gasteiger charge is 2.06. The van der Waals surface area contributed by atoms with Crippen molar-refractivity contribution in [2.45, 2.75) is 13.8 Å². The van der Waals surface area contributed by atoms with Crippen LogP contribution in [0, 0.1) is 5.82 Å². The summed E-state index contributed by atoms with van der Waals surface area (Å²) in [5, 5.41) is 0. The van der Waals surface area contributed by atoms with E-state index in [4.69, 9.17) is 0 Å². The Kier molecular flexibility index (Phi) is 3.02. The minimum Gasteiger partial charge on any atom is -0.368 e. The maximum absolute atomic E-state index is 13.1. The zero-order chi connectivity index (χ0) is 8.97. The smallest absolute Gasteiger partial charge is 0.149 e. The van der Waals surface area contributed by atoms with Crippen molar-refractivity contribution in [3.63, 3.8) is 0 Å². The highest BCUT2D eigenvalue weighted by molar-refractivity contribution is 5.44. The Bertz CT molecular complexity index is 246. The summed E-state index contributed by atoms with van der Waals surface area (Å²) < 4.78 is 13.1. The fourth-order valence-corrected chi connectivity index (χ4v) is 1.17. The van der Waals surface area contributed by atoms with Gasteiger partial charge < -0.3 is 4.90 Å². The molecule has 1 aromatic rings. The van der Waals surface area contributed by atoms with Gasteiger partial charge in [-0.2, -0.15) is 0 Å². The lowest BCUT2D eigenvalue weighted by atomic mass is 10.3. The molecule has 0 aliphatic carbocycles. The molecule has 0 spiro atoms. The second-order valence-electron chi connectivity index (χ2n) is 2.50. The standard InChI is InChI=1S/C9H13FN2/c1-3-12(4-2)9-7-11-6-5-8(9)10/h5-7H,3-4H2,1-2H3. The molecule has 0 saturated carbocycles. The lowest BCUT2D eigenvalue weighted by molar-refractivity contribution is 0.617. The maximum atomic E-state index is 13.1. The van der Waals surface area contributed by atoms with E-state index in [1.165, 1.54) is 12.3 Å². The van der Waals surface area contributed by atoms with Crippen LogP contribution in [0.25, 0.3) is 0 Å². The topological polar surface area (TPSA) is 16.1 Å². The molecule has 3 heteroatoms. The molecule has 0 radical (unpaired) electrons. The second-order valence-corrected chi connectivity index (χ2v) is 2.50. The number of nitrogens with zero attached hydrogens (tertiary/aromatic N) is 2. The van der Waals surface area contributed by atoms with E-state index in [0.29, 0.717) is 5.69 Å². The van der Waals surface area contributed by atoms with E-state index in [1.54, 1.807) is 6.20 Å². The van der Waals surface area contributed by atoms with Gasteiger partial charge in [0.05, 0.1) is 11.9 Å². The Labute approximate surface area is 72.0 Å². The minimum atomic E-state index is -0.200. The molecular weight excluding hydrogens is 155 g/mol. The molecule has 1 rings (SSSR count). The predicted molar refractivity (Wildman–Crippen MR) is 47.8 cm³/mol. The summed E-state index contributed by atoms with van der Waals surface area (Å²) in [5.41, 5.74) is 0.586. The van der Waals surface area contributed by atoms with Crippen molar-refractivity contribution in [2.24, 2.45) is 0 Å². The first-order valence-electron chi connectivity index (χ1n) is 4.14. The molecular formula is C9H13FN2. The van der Waals surface area contributed by atoms with Crippen LogP contribution in [0.5, 0.6) is 0 Å². The number of hydrogen-bond acceptors (Lipinski definition) is 2. The van der Waals surface area contributed by atoms with E-state index < -0.39 is 0 Å². The minimum absolute atomic E-state index is 0.200. The van der Waals surface area contributed by atoms with Gasteiger partial charge in [0.15, 0.2) is 0 Å². The molecule has 2 nitrogen and oxygen atoms in total. The molecule has 12 heavy (non-hydrogen) atoms. The first kappa shape index (κ1) is 8.97. The molecule has 0 aromatic carbocycles. The van der Waals surface area contributed by atoms with E-state index >= 15 is 0 Å². The lowest BCUT2D eigenvalue weighted by Crippen LogP contribution is -2.22. The van der Waals surface area contributed by atoms with E-state index in [0.717, 1.165) is 13.1 Å². The van der Waals surface area contributed by atoms with Gasteiger partial charge >= 0.3 is 0 Å². The van der Waals surface area contributed by atoms with Gasteiger partial charge in [-0.3, -0.25) is 4.98 Å². The van der Waals surface area contributed by atoms with Gasteiger partial charge in [-0.15, -0.1) is 0 Å². The first-order valence-corrected chi connectivity index (χ1v) is 4.14. The zero-order valence-corrected chi connectivity index (χ0v) is 7.42. The maximum Gasteiger partial charge on any atom is 0.149 e. The van der Waals surface area contributed by atoms with Gasteiger partial charge in [-0.1, -0.05) is 0 Å². The number of aromatic nitrogens is 1. The van der Waals surface area contributed by atoms with E-state index in [9.17, 15) is 4.39 Å². The Hall–Kier alpha value is -1.12. The van der Waals surface area contributed by atoms with Crippen LogP contribution in [-0.2, 0) is 0 Å². The predicted octanol–water partition coefficient (Wildman–Crippen LogP) is 2.07. The van der Waals surface area contributed by atoms with Crippen LogP contribution in [0.4, 0.5) is 10.1 Å². The molecule has 0 saturated heterocycles. The fraction of sp³-hybridized carbons (Fsp3) is 0.444. The number of pyridine rings is 1. The molecule has 0 amide bonds.